The number of hydrogen-bond acceptors (Lipinski definition) is 5. The van der Waals surface area contributed by atoms with Crippen LogP contribution in [0.4, 0.5) is 0 Å². The number of nitrogens with one attached hydrogen (secondary N) is 1. The highest BCUT2D eigenvalue weighted by molar-refractivity contribution is 7.12. The van der Waals surface area contributed by atoms with Gasteiger partial charge < -0.3 is 15.0 Å². The van der Waals surface area contributed by atoms with Gasteiger partial charge in [0.15, 0.2) is 0 Å². The highest BCUT2D eigenvalue weighted by atomic mass is 32.1. The van der Waals surface area contributed by atoms with Crippen molar-refractivity contribution in [1.29, 1.82) is 0 Å². The van der Waals surface area contributed by atoms with Crippen LogP contribution in [0.25, 0.3) is 0 Å². The van der Waals surface area contributed by atoms with Crippen molar-refractivity contribution in [1.82, 2.24) is 10.2 Å². The Labute approximate surface area is 126 Å². The average Bonchev–Trinajstić information content (AvgIpc) is 2.89. The quantitative estimate of drug-likeness (QED) is 0.710. The van der Waals surface area contributed by atoms with Crippen LogP contribution in [0.15, 0.2) is 12.1 Å². The Balaban J connectivity index is 2.36. The lowest BCUT2D eigenvalue weighted by molar-refractivity contribution is -0.139. The number of carbonyl (C=O) groups excluding carboxylic acids is 1. The molecule has 1 unspecified atom stereocenters. The van der Waals surface area contributed by atoms with E-state index in [2.05, 4.69) is 41.8 Å². The van der Waals surface area contributed by atoms with Gasteiger partial charge in [-0.25, -0.2) is 0 Å². The fourth-order valence-corrected chi connectivity index (χ4v) is 2.99. The molecule has 0 saturated heterocycles. The maximum atomic E-state index is 11.2. The van der Waals surface area contributed by atoms with Crippen LogP contribution >= 0.6 is 11.3 Å². The topological polar surface area (TPSA) is 41.6 Å². The van der Waals surface area contributed by atoms with Gasteiger partial charge in [0.2, 0.25) is 0 Å². The molecule has 0 radical (unpaired) electrons. The van der Waals surface area contributed by atoms with Crippen molar-refractivity contribution in [3.63, 3.8) is 0 Å². The molecule has 0 bridgehead atoms. The molecule has 1 heterocycles. The third kappa shape index (κ3) is 6.03. The van der Waals surface area contributed by atoms with Crippen molar-refractivity contribution in [3.05, 3.63) is 21.9 Å². The lowest BCUT2D eigenvalue weighted by Gasteiger charge is -2.23. The van der Waals surface area contributed by atoms with E-state index in [1.165, 1.54) is 12.0 Å². The van der Waals surface area contributed by atoms with Gasteiger partial charge in [0.25, 0.3) is 0 Å². The van der Waals surface area contributed by atoms with E-state index in [9.17, 15) is 4.79 Å². The molecular formula is C15H26N2O2S. The minimum Gasteiger partial charge on any atom is -0.469 e. The molecule has 5 heteroatoms. The first-order valence-corrected chi connectivity index (χ1v) is 8.00. The maximum absolute atomic E-state index is 11.2. The Morgan fingerprint density at radius 2 is 2.00 bits per heavy atom. The number of hydrogen-bond donors (Lipinski definition) is 1. The Hall–Kier alpha value is -0.910. The molecule has 0 aliphatic carbocycles. The summed E-state index contributed by atoms with van der Waals surface area (Å²) in [5.74, 6) is -0.179. The van der Waals surface area contributed by atoms with Crippen LogP contribution < -0.4 is 5.32 Å². The van der Waals surface area contributed by atoms with Gasteiger partial charge in [-0.1, -0.05) is 13.8 Å². The third-order valence-corrected chi connectivity index (χ3v) is 4.40. The summed E-state index contributed by atoms with van der Waals surface area (Å²) in [7, 11) is 1.42. The van der Waals surface area contributed by atoms with E-state index < -0.39 is 0 Å². The minimum atomic E-state index is -0.179. The van der Waals surface area contributed by atoms with Gasteiger partial charge in [0, 0.05) is 28.9 Å². The molecule has 1 N–H and O–H groups in total. The maximum Gasteiger partial charge on any atom is 0.310 e. The molecule has 4 nitrogen and oxygen atoms in total. The van der Waals surface area contributed by atoms with Crippen LogP contribution in [0, 0.1) is 0 Å². The van der Waals surface area contributed by atoms with Gasteiger partial charge in [-0.3, -0.25) is 4.79 Å². The third-order valence-electron chi connectivity index (χ3n) is 3.31. The minimum absolute atomic E-state index is 0.179. The summed E-state index contributed by atoms with van der Waals surface area (Å²) < 4.78 is 4.68. The monoisotopic (exact) mass is 298 g/mol. The van der Waals surface area contributed by atoms with Gasteiger partial charge in [-0.2, -0.15) is 0 Å². The highest BCUT2D eigenvalue weighted by Crippen LogP contribution is 2.17. The Morgan fingerprint density at radius 1 is 1.35 bits per heavy atom. The van der Waals surface area contributed by atoms with E-state index in [4.69, 9.17) is 0 Å². The van der Waals surface area contributed by atoms with E-state index in [1.54, 1.807) is 11.3 Å². The standard InChI is InChI=1S/C15H26N2O2S/c1-5-17(6-2)11-12(3)16-10-14-8-7-13(20-14)9-15(18)19-4/h7-8,12,16H,5-6,9-11H2,1-4H3. The smallest absolute Gasteiger partial charge is 0.310 e. The van der Waals surface area contributed by atoms with E-state index in [0.29, 0.717) is 12.5 Å². The highest BCUT2D eigenvalue weighted by Gasteiger charge is 2.09. The van der Waals surface area contributed by atoms with E-state index in [0.717, 1.165) is 31.1 Å². The zero-order chi connectivity index (χ0) is 15.0. The molecule has 0 aliphatic heterocycles. The van der Waals surface area contributed by atoms with Crippen LogP contribution in [0.3, 0.4) is 0 Å². The first-order chi connectivity index (χ1) is 9.58. The predicted molar refractivity (Wildman–Crippen MR) is 84.1 cm³/mol. The summed E-state index contributed by atoms with van der Waals surface area (Å²) in [5, 5.41) is 3.53. The number of esters is 1. The molecule has 1 rings (SSSR count). The number of likely N-dealkylation sites (N-methyl/N-ethyl adjacent to an activating group) is 1. The second-order valence-electron chi connectivity index (χ2n) is 4.89. The zero-order valence-electron chi connectivity index (χ0n) is 12.9. The van der Waals surface area contributed by atoms with Crippen molar-refractivity contribution in [2.75, 3.05) is 26.7 Å². The molecule has 0 fully saturated rings. The lowest BCUT2D eigenvalue weighted by Crippen LogP contribution is -2.38. The summed E-state index contributed by atoms with van der Waals surface area (Å²) in [4.78, 5) is 15.9. The van der Waals surface area contributed by atoms with Crippen molar-refractivity contribution >= 4 is 17.3 Å². The van der Waals surface area contributed by atoms with E-state index in [-0.39, 0.29) is 5.97 Å². The van der Waals surface area contributed by atoms with Gasteiger partial charge >= 0.3 is 5.97 Å². The summed E-state index contributed by atoms with van der Waals surface area (Å²) >= 11 is 1.67. The Kier molecular flexibility index (Phi) is 7.80. The summed E-state index contributed by atoms with van der Waals surface area (Å²) in [5.41, 5.74) is 0. The number of rotatable bonds is 9. The molecule has 0 aromatic carbocycles. The molecule has 20 heavy (non-hydrogen) atoms. The van der Waals surface area contributed by atoms with Crippen molar-refractivity contribution in [3.8, 4) is 0 Å². The predicted octanol–water partition coefficient (Wildman–Crippen LogP) is 2.28. The van der Waals surface area contributed by atoms with Gasteiger partial charge in [-0.15, -0.1) is 11.3 Å². The zero-order valence-corrected chi connectivity index (χ0v) is 13.8. The molecular weight excluding hydrogens is 272 g/mol. The molecule has 1 aromatic heterocycles. The first-order valence-electron chi connectivity index (χ1n) is 7.19. The van der Waals surface area contributed by atoms with Crippen molar-refractivity contribution in [2.45, 2.75) is 39.8 Å². The second-order valence-corrected chi connectivity index (χ2v) is 6.14. The van der Waals surface area contributed by atoms with Gasteiger partial charge in [0.05, 0.1) is 13.5 Å². The second kappa shape index (κ2) is 9.10. The van der Waals surface area contributed by atoms with E-state index >= 15 is 0 Å². The summed E-state index contributed by atoms with van der Waals surface area (Å²) in [6, 6.07) is 4.55. The molecule has 0 spiro atoms. The van der Waals surface area contributed by atoms with Crippen LogP contribution in [0.5, 0.6) is 0 Å². The molecule has 1 atom stereocenters. The van der Waals surface area contributed by atoms with Gasteiger partial charge in [-0.05, 0) is 32.1 Å². The SMILES string of the molecule is CCN(CC)CC(C)NCc1ccc(CC(=O)OC)s1. The fraction of sp³-hybridized carbons (Fsp3) is 0.667. The van der Waals surface area contributed by atoms with Crippen LogP contribution in [0.2, 0.25) is 0 Å². The molecule has 0 amide bonds. The molecule has 1 aromatic rings. The van der Waals surface area contributed by atoms with Crippen LogP contribution in [0.1, 0.15) is 30.5 Å². The van der Waals surface area contributed by atoms with Crippen molar-refractivity contribution < 1.29 is 9.53 Å². The summed E-state index contributed by atoms with van der Waals surface area (Å²) in [6.07, 6.45) is 0.371. The Morgan fingerprint density at radius 3 is 2.60 bits per heavy atom. The van der Waals surface area contributed by atoms with E-state index in [1.807, 2.05) is 6.07 Å². The van der Waals surface area contributed by atoms with Crippen LogP contribution in [-0.2, 0) is 22.5 Å². The van der Waals surface area contributed by atoms with Crippen LogP contribution in [-0.4, -0.2) is 43.7 Å². The number of thiophene rings is 1. The molecule has 0 saturated carbocycles. The number of carbonyl (C=O) groups is 1. The van der Waals surface area contributed by atoms with Gasteiger partial charge in [0.1, 0.15) is 0 Å². The number of nitrogens with zero attached hydrogens (tertiary/aromatic N) is 1. The van der Waals surface area contributed by atoms with Crippen molar-refractivity contribution in [2.24, 2.45) is 0 Å². The molecule has 0 aliphatic rings. The number of methoxy groups -OCH3 is 1. The Bertz CT molecular complexity index is 402. The normalized spacial score (nSPS) is 12.7. The largest absolute Gasteiger partial charge is 0.469 e. The fourth-order valence-electron chi connectivity index (χ4n) is 2.04. The first kappa shape index (κ1) is 17.1. The number of ether oxygens (including phenoxy) is 1. The molecule has 114 valence electrons. The summed E-state index contributed by atoms with van der Waals surface area (Å²) in [6.45, 7) is 10.7. The lowest BCUT2D eigenvalue weighted by atomic mass is 10.3. The average molecular weight is 298 g/mol.